The quantitative estimate of drug-likeness (QED) is 0.315. The summed E-state index contributed by atoms with van der Waals surface area (Å²) in [6.45, 7) is 4.90. The third-order valence-electron chi connectivity index (χ3n) is 4.54. The Kier molecular flexibility index (Phi) is 9.30. The molecular formula is C17H27IN6O3S2. The second kappa shape index (κ2) is 11.2. The number of nitrogens with one attached hydrogen (secondary N) is 1. The molecule has 0 aromatic carbocycles. The highest BCUT2D eigenvalue weighted by atomic mass is 127. The summed E-state index contributed by atoms with van der Waals surface area (Å²) in [5.74, 6) is 0.658. The van der Waals surface area contributed by atoms with Gasteiger partial charge < -0.3 is 14.7 Å². The largest absolute Gasteiger partial charge is 0.364 e. The van der Waals surface area contributed by atoms with E-state index in [0.717, 1.165) is 30.4 Å². The summed E-state index contributed by atoms with van der Waals surface area (Å²) in [5.41, 5.74) is 0.424. The molecular weight excluding hydrogens is 527 g/mol. The fourth-order valence-corrected chi connectivity index (χ4v) is 5.30. The molecule has 1 N–H and O–H groups in total. The van der Waals surface area contributed by atoms with Crippen LogP contribution < -0.4 is 5.32 Å². The zero-order chi connectivity index (χ0) is 20.0. The number of nitrogens with zero attached hydrogens (tertiary/aromatic N) is 5. The number of guanidine groups is 1. The molecule has 0 saturated carbocycles. The molecule has 1 fully saturated rings. The van der Waals surface area contributed by atoms with Gasteiger partial charge in [-0.2, -0.15) is 4.31 Å². The van der Waals surface area contributed by atoms with Crippen LogP contribution in [0.2, 0.25) is 0 Å². The van der Waals surface area contributed by atoms with E-state index in [2.05, 4.69) is 32.3 Å². The van der Waals surface area contributed by atoms with E-state index in [1.807, 2.05) is 6.20 Å². The van der Waals surface area contributed by atoms with Crippen LogP contribution in [0.5, 0.6) is 0 Å². The van der Waals surface area contributed by atoms with Crippen molar-refractivity contribution in [2.75, 3.05) is 39.8 Å². The second-order valence-corrected chi connectivity index (χ2v) is 9.60. The van der Waals surface area contributed by atoms with Crippen LogP contribution in [0.15, 0.2) is 28.0 Å². The molecule has 0 atom stereocenters. The average molecular weight is 554 g/mol. The number of thiazole rings is 1. The normalized spacial score (nSPS) is 15.9. The lowest BCUT2D eigenvalue weighted by molar-refractivity contribution is 0.260. The Bertz CT molecular complexity index is 877. The minimum atomic E-state index is -3.40. The van der Waals surface area contributed by atoms with E-state index >= 15 is 0 Å². The van der Waals surface area contributed by atoms with Gasteiger partial charge in [-0.1, -0.05) is 12.1 Å². The zero-order valence-electron chi connectivity index (χ0n) is 16.6. The molecule has 9 nitrogen and oxygen atoms in total. The van der Waals surface area contributed by atoms with Crippen LogP contribution in [-0.4, -0.2) is 73.5 Å². The first kappa shape index (κ1) is 24.0. The van der Waals surface area contributed by atoms with Crippen molar-refractivity contribution >= 4 is 51.3 Å². The third-order valence-corrected chi connectivity index (χ3v) is 7.55. The van der Waals surface area contributed by atoms with Crippen LogP contribution in [0, 0.1) is 0 Å². The smallest absolute Gasteiger partial charge is 0.220 e. The molecule has 2 aromatic rings. The predicted molar refractivity (Wildman–Crippen MR) is 124 cm³/mol. The van der Waals surface area contributed by atoms with Gasteiger partial charge in [0.25, 0.3) is 0 Å². The Hall–Kier alpha value is -1.25. The van der Waals surface area contributed by atoms with Gasteiger partial charge in [0.05, 0.1) is 10.7 Å². The summed E-state index contributed by atoms with van der Waals surface area (Å²) in [6, 6.07) is 1.57. The second-order valence-electron chi connectivity index (χ2n) is 6.43. The van der Waals surface area contributed by atoms with Gasteiger partial charge in [-0.05, 0) is 6.42 Å². The van der Waals surface area contributed by atoms with Crippen LogP contribution in [0.25, 0.3) is 0 Å². The molecule has 0 aliphatic carbocycles. The van der Waals surface area contributed by atoms with Crippen LogP contribution in [0.4, 0.5) is 0 Å². The van der Waals surface area contributed by atoms with Gasteiger partial charge in [0.2, 0.25) is 10.0 Å². The third kappa shape index (κ3) is 6.62. The first-order valence-corrected chi connectivity index (χ1v) is 11.7. The summed E-state index contributed by atoms with van der Waals surface area (Å²) >= 11 is 1.74. The maximum atomic E-state index is 12.5. The van der Waals surface area contributed by atoms with Crippen molar-refractivity contribution in [2.24, 2.45) is 4.99 Å². The van der Waals surface area contributed by atoms with Crippen molar-refractivity contribution in [2.45, 2.75) is 25.5 Å². The van der Waals surface area contributed by atoms with Gasteiger partial charge in [-0.25, -0.2) is 13.4 Å². The van der Waals surface area contributed by atoms with Crippen molar-refractivity contribution in [3.05, 3.63) is 34.1 Å². The highest BCUT2D eigenvalue weighted by molar-refractivity contribution is 14.0. The molecule has 12 heteroatoms. The van der Waals surface area contributed by atoms with E-state index in [-0.39, 0.29) is 29.7 Å². The van der Waals surface area contributed by atoms with Gasteiger partial charge in [-0.3, -0.25) is 4.99 Å². The molecule has 29 heavy (non-hydrogen) atoms. The summed E-state index contributed by atoms with van der Waals surface area (Å²) < 4.78 is 31.3. The molecule has 1 aliphatic rings. The maximum absolute atomic E-state index is 12.5. The molecule has 1 aliphatic heterocycles. The van der Waals surface area contributed by atoms with E-state index in [0.29, 0.717) is 31.9 Å². The van der Waals surface area contributed by atoms with E-state index in [1.165, 1.54) is 15.4 Å². The SMILES string of the molecule is CCc1cnc(CCNC(=NC)N2CCN(S(=O)(=O)Cc3ccon3)CC2)s1.I. The number of hydrogen-bond donors (Lipinski definition) is 1. The predicted octanol–water partition coefficient (Wildman–Crippen LogP) is 1.58. The van der Waals surface area contributed by atoms with Gasteiger partial charge in [0, 0.05) is 63.3 Å². The van der Waals surface area contributed by atoms with Crippen molar-refractivity contribution in [1.82, 2.24) is 24.7 Å². The molecule has 1 saturated heterocycles. The van der Waals surface area contributed by atoms with E-state index < -0.39 is 10.0 Å². The van der Waals surface area contributed by atoms with E-state index in [9.17, 15) is 8.42 Å². The van der Waals surface area contributed by atoms with Crippen molar-refractivity contribution < 1.29 is 12.9 Å². The summed E-state index contributed by atoms with van der Waals surface area (Å²) in [4.78, 5) is 12.1. The number of piperazine rings is 1. The van der Waals surface area contributed by atoms with Gasteiger partial charge in [0.15, 0.2) is 5.96 Å². The molecule has 3 heterocycles. The number of sulfonamides is 1. The average Bonchev–Trinajstić information content (AvgIpc) is 3.37. The molecule has 3 rings (SSSR count). The minimum absolute atomic E-state index is 0. The highest BCUT2D eigenvalue weighted by Crippen LogP contribution is 2.14. The lowest BCUT2D eigenvalue weighted by atomic mass is 10.4. The van der Waals surface area contributed by atoms with Crippen molar-refractivity contribution in [3.63, 3.8) is 0 Å². The molecule has 2 aromatic heterocycles. The van der Waals surface area contributed by atoms with Gasteiger partial charge in [0.1, 0.15) is 12.0 Å². The minimum Gasteiger partial charge on any atom is -0.364 e. The number of aryl methyl sites for hydroxylation is 1. The number of hydrogen-bond acceptors (Lipinski definition) is 7. The van der Waals surface area contributed by atoms with Crippen LogP contribution in [0.3, 0.4) is 0 Å². The number of aromatic nitrogens is 2. The molecule has 0 amide bonds. The zero-order valence-corrected chi connectivity index (χ0v) is 20.5. The standard InChI is InChI=1S/C17H26N6O3S2.HI/c1-3-15-12-20-16(27-15)4-6-19-17(18-2)22-7-9-23(10-8-22)28(24,25)13-14-5-11-26-21-14;/h5,11-12H,3-4,6-10,13H2,1-2H3,(H,18,19);1H. The molecule has 0 unspecified atom stereocenters. The molecule has 0 spiro atoms. The van der Waals surface area contributed by atoms with Crippen LogP contribution in [0.1, 0.15) is 22.5 Å². The maximum Gasteiger partial charge on any atom is 0.220 e. The molecule has 0 bridgehead atoms. The fraction of sp³-hybridized carbons (Fsp3) is 0.588. The molecule has 0 radical (unpaired) electrons. The highest BCUT2D eigenvalue weighted by Gasteiger charge is 2.28. The van der Waals surface area contributed by atoms with Crippen molar-refractivity contribution in [1.29, 1.82) is 0 Å². The summed E-state index contributed by atoms with van der Waals surface area (Å²) in [5, 5.41) is 8.17. The fourth-order valence-electron chi connectivity index (χ4n) is 3.01. The Morgan fingerprint density at radius 1 is 1.34 bits per heavy atom. The van der Waals surface area contributed by atoms with Crippen LogP contribution >= 0.6 is 35.3 Å². The Balaban J connectivity index is 0.00000300. The first-order valence-electron chi connectivity index (χ1n) is 9.28. The first-order chi connectivity index (χ1) is 13.5. The number of rotatable bonds is 7. The van der Waals surface area contributed by atoms with E-state index in [1.54, 1.807) is 24.5 Å². The Morgan fingerprint density at radius 3 is 2.69 bits per heavy atom. The van der Waals surface area contributed by atoms with E-state index in [4.69, 9.17) is 4.52 Å². The van der Waals surface area contributed by atoms with Crippen LogP contribution in [-0.2, 0) is 28.6 Å². The van der Waals surface area contributed by atoms with Gasteiger partial charge >= 0.3 is 0 Å². The summed E-state index contributed by atoms with van der Waals surface area (Å²) in [6.07, 6.45) is 5.17. The number of halogens is 1. The summed E-state index contributed by atoms with van der Waals surface area (Å²) in [7, 11) is -1.65. The van der Waals surface area contributed by atoms with Gasteiger partial charge in [-0.15, -0.1) is 35.3 Å². The Labute approximate surface area is 192 Å². The number of aliphatic imine (C=N–C) groups is 1. The lowest BCUT2D eigenvalue weighted by Crippen LogP contribution is -2.54. The van der Waals surface area contributed by atoms with Crippen molar-refractivity contribution in [3.8, 4) is 0 Å². The molecule has 162 valence electrons. The monoisotopic (exact) mass is 554 g/mol. The topological polar surface area (TPSA) is 104 Å². The Morgan fingerprint density at radius 2 is 2.10 bits per heavy atom. The lowest BCUT2D eigenvalue weighted by Gasteiger charge is -2.35.